The van der Waals surface area contributed by atoms with E-state index < -0.39 is 11.5 Å². The molecule has 0 saturated carbocycles. The van der Waals surface area contributed by atoms with E-state index in [4.69, 9.17) is 5.73 Å². The van der Waals surface area contributed by atoms with Gasteiger partial charge < -0.3 is 16.2 Å². The number of nitrogens with two attached hydrogens (primary N) is 1. The second-order valence-corrected chi connectivity index (χ2v) is 5.42. The van der Waals surface area contributed by atoms with Gasteiger partial charge in [-0.05, 0) is 24.5 Å². The summed E-state index contributed by atoms with van der Waals surface area (Å²) in [6.07, 6.45) is 1.10. The highest BCUT2D eigenvalue weighted by atomic mass is 16.3. The maximum absolute atomic E-state index is 12.1. The monoisotopic (exact) mass is 291 g/mol. The van der Waals surface area contributed by atoms with Crippen LogP contribution in [0.3, 0.4) is 0 Å². The van der Waals surface area contributed by atoms with E-state index in [9.17, 15) is 14.7 Å². The number of primary amides is 1. The Labute approximate surface area is 123 Å². The number of carbonyl (C=O) groups excluding carboxylic acids is 2. The highest BCUT2D eigenvalue weighted by molar-refractivity contribution is 5.93. The van der Waals surface area contributed by atoms with Crippen LogP contribution in [0.2, 0.25) is 0 Å². The lowest BCUT2D eigenvalue weighted by Gasteiger charge is -2.19. The third kappa shape index (κ3) is 3.59. The molecule has 6 nitrogen and oxygen atoms in total. The molecule has 1 heterocycles. The largest absolute Gasteiger partial charge is 0.379 e. The molecule has 0 radical (unpaired) electrons. The highest BCUT2D eigenvalue weighted by Gasteiger charge is 2.41. The molecule has 6 heteroatoms. The van der Waals surface area contributed by atoms with Gasteiger partial charge in [0.1, 0.15) is 0 Å². The van der Waals surface area contributed by atoms with Gasteiger partial charge in [0.15, 0.2) is 5.60 Å². The van der Waals surface area contributed by atoms with Crippen LogP contribution >= 0.6 is 0 Å². The summed E-state index contributed by atoms with van der Waals surface area (Å²) in [6, 6.07) is 7.64. The van der Waals surface area contributed by atoms with Crippen molar-refractivity contribution in [2.45, 2.75) is 25.4 Å². The fraction of sp³-hybridized carbons (Fsp3) is 0.467. The lowest BCUT2D eigenvalue weighted by atomic mass is 10.0. The molecule has 1 aliphatic heterocycles. The molecular formula is C15H21N3O3. The number of carbonyl (C=O) groups is 2. The van der Waals surface area contributed by atoms with Crippen molar-refractivity contribution >= 4 is 17.5 Å². The Bertz CT molecular complexity index is 547. The maximum Gasteiger partial charge on any atom is 0.250 e. The van der Waals surface area contributed by atoms with Gasteiger partial charge in [-0.15, -0.1) is 0 Å². The van der Waals surface area contributed by atoms with E-state index in [1.165, 1.54) is 0 Å². The summed E-state index contributed by atoms with van der Waals surface area (Å²) >= 11 is 0. The van der Waals surface area contributed by atoms with Crippen LogP contribution in [-0.4, -0.2) is 47.1 Å². The fourth-order valence-corrected chi connectivity index (χ4v) is 2.55. The zero-order valence-corrected chi connectivity index (χ0v) is 12.1. The van der Waals surface area contributed by atoms with Crippen LogP contribution in [0.4, 0.5) is 5.69 Å². The SMILES string of the molecule is CCc1ccccc1NC(=O)CN1CC[C@](O)(C(N)=O)C1. The number of nitrogens with one attached hydrogen (secondary N) is 1. The summed E-state index contributed by atoms with van der Waals surface area (Å²) in [5.41, 5.74) is 5.53. The summed E-state index contributed by atoms with van der Waals surface area (Å²) in [5, 5.41) is 12.8. The van der Waals surface area contributed by atoms with E-state index in [1.54, 1.807) is 4.90 Å². The van der Waals surface area contributed by atoms with Gasteiger partial charge in [-0.25, -0.2) is 0 Å². The molecule has 1 aliphatic rings. The van der Waals surface area contributed by atoms with E-state index in [0.717, 1.165) is 17.7 Å². The minimum Gasteiger partial charge on any atom is -0.379 e. The summed E-state index contributed by atoms with van der Waals surface area (Å²) < 4.78 is 0. The first-order valence-electron chi connectivity index (χ1n) is 7.07. The third-order valence-corrected chi connectivity index (χ3v) is 3.83. The van der Waals surface area contributed by atoms with Gasteiger partial charge in [0.25, 0.3) is 5.91 Å². The highest BCUT2D eigenvalue weighted by Crippen LogP contribution is 2.21. The molecular weight excluding hydrogens is 270 g/mol. The van der Waals surface area contributed by atoms with Crippen LogP contribution in [-0.2, 0) is 16.0 Å². The first-order valence-corrected chi connectivity index (χ1v) is 7.07. The van der Waals surface area contributed by atoms with Crippen molar-refractivity contribution < 1.29 is 14.7 Å². The first-order chi connectivity index (χ1) is 9.94. The van der Waals surface area contributed by atoms with E-state index in [-0.39, 0.29) is 25.4 Å². The van der Waals surface area contributed by atoms with Gasteiger partial charge in [-0.3, -0.25) is 14.5 Å². The van der Waals surface area contributed by atoms with Crippen LogP contribution in [0.25, 0.3) is 0 Å². The van der Waals surface area contributed by atoms with Crippen LogP contribution in [0, 0.1) is 0 Å². The molecule has 2 rings (SSSR count). The molecule has 1 fully saturated rings. The Balaban J connectivity index is 1.93. The number of rotatable bonds is 5. The molecule has 1 saturated heterocycles. The minimum absolute atomic E-state index is 0.102. The van der Waals surface area contributed by atoms with Crippen molar-refractivity contribution in [2.24, 2.45) is 5.73 Å². The molecule has 0 spiro atoms. The second-order valence-electron chi connectivity index (χ2n) is 5.42. The molecule has 1 aromatic rings. The molecule has 2 amide bonds. The van der Waals surface area contributed by atoms with Crippen LogP contribution in [0.1, 0.15) is 18.9 Å². The predicted octanol–water partition coefficient (Wildman–Crippen LogP) is 0.110. The number of likely N-dealkylation sites (tertiary alicyclic amines) is 1. The summed E-state index contributed by atoms with van der Waals surface area (Å²) in [7, 11) is 0. The van der Waals surface area contributed by atoms with Crippen molar-refractivity contribution in [3.63, 3.8) is 0 Å². The molecule has 0 aliphatic carbocycles. The Kier molecular flexibility index (Phi) is 4.59. The lowest BCUT2D eigenvalue weighted by Crippen LogP contribution is -2.46. The number of para-hydroxylation sites is 1. The van der Waals surface area contributed by atoms with Crippen LogP contribution in [0.15, 0.2) is 24.3 Å². The minimum atomic E-state index is -1.51. The van der Waals surface area contributed by atoms with Crippen LogP contribution < -0.4 is 11.1 Å². The number of anilines is 1. The van der Waals surface area contributed by atoms with E-state index in [0.29, 0.717) is 6.54 Å². The summed E-state index contributed by atoms with van der Waals surface area (Å²) in [5.74, 6) is -0.897. The zero-order chi connectivity index (χ0) is 15.5. The number of hydrogen-bond acceptors (Lipinski definition) is 4. The number of β-amino-alcohol motifs (C(OH)–C–C–N with tert-alkyl or cyclic N) is 1. The van der Waals surface area contributed by atoms with Gasteiger partial charge in [0, 0.05) is 18.8 Å². The zero-order valence-electron chi connectivity index (χ0n) is 12.1. The van der Waals surface area contributed by atoms with Gasteiger partial charge in [0.2, 0.25) is 5.91 Å². The van der Waals surface area contributed by atoms with Crippen molar-refractivity contribution in [1.82, 2.24) is 4.90 Å². The molecule has 0 bridgehead atoms. The van der Waals surface area contributed by atoms with Gasteiger partial charge >= 0.3 is 0 Å². The Morgan fingerprint density at radius 1 is 1.43 bits per heavy atom. The maximum atomic E-state index is 12.1. The number of amides is 2. The summed E-state index contributed by atoms with van der Waals surface area (Å²) in [4.78, 5) is 25.0. The van der Waals surface area contributed by atoms with Crippen molar-refractivity contribution in [3.8, 4) is 0 Å². The molecule has 0 unspecified atom stereocenters. The van der Waals surface area contributed by atoms with Gasteiger partial charge in [-0.2, -0.15) is 0 Å². The molecule has 0 aromatic heterocycles. The van der Waals surface area contributed by atoms with E-state index in [2.05, 4.69) is 5.32 Å². The number of aliphatic hydroxyl groups is 1. The molecule has 114 valence electrons. The quantitative estimate of drug-likeness (QED) is 0.717. The van der Waals surface area contributed by atoms with Gasteiger partial charge in [0.05, 0.1) is 6.54 Å². The lowest BCUT2D eigenvalue weighted by molar-refractivity contribution is -0.135. The molecule has 21 heavy (non-hydrogen) atoms. The number of aryl methyl sites for hydroxylation is 1. The summed E-state index contributed by atoms with van der Waals surface area (Å²) in [6.45, 7) is 2.74. The third-order valence-electron chi connectivity index (χ3n) is 3.83. The van der Waals surface area contributed by atoms with Gasteiger partial charge in [-0.1, -0.05) is 25.1 Å². The number of nitrogens with zero attached hydrogens (tertiary/aromatic N) is 1. The smallest absolute Gasteiger partial charge is 0.250 e. The Hall–Kier alpha value is -1.92. The number of benzene rings is 1. The Morgan fingerprint density at radius 3 is 2.76 bits per heavy atom. The topological polar surface area (TPSA) is 95.7 Å². The average Bonchev–Trinajstić information content (AvgIpc) is 2.82. The van der Waals surface area contributed by atoms with E-state index >= 15 is 0 Å². The van der Waals surface area contributed by atoms with Crippen LogP contribution in [0.5, 0.6) is 0 Å². The fourth-order valence-electron chi connectivity index (χ4n) is 2.55. The van der Waals surface area contributed by atoms with E-state index in [1.807, 2.05) is 31.2 Å². The first kappa shape index (κ1) is 15.5. The molecule has 4 N–H and O–H groups in total. The predicted molar refractivity (Wildman–Crippen MR) is 79.7 cm³/mol. The number of hydrogen-bond donors (Lipinski definition) is 3. The molecule has 1 aromatic carbocycles. The standard InChI is InChI=1S/C15H21N3O3/c1-2-11-5-3-4-6-12(11)17-13(19)9-18-8-7-15(21,10-18)14(16)20/h3-6,21H,2,7-10H2,1H3,(H2,16,20)(H,17,19)/t15-/m1/s1. The average molecular weight is 291 g/mol. The molecule has 1 atom stereocenters. The Morgan fingerprint density at radius 2 is 2.14 bits per heavy atom. The second kappa shape index (κ2) is 6.24. The van der Waals surface area contributed by atoms with Crippen molar-refractivity contribution in [3.05, 3.63) is 29.8 Å². The normalized spacial score (nSPS) is 22.2. The van der Waals surface area contributed by atoms with Crippen molar-refractivity contribution in [2.75, 3.05) is 25.0 Å². The van der Waals surface area contributed by atoms with Crippen molar-refractivity contribution in [1.29, 1.82) is 0 Å².